The molecular weight excluding hydrogens is 414 g/mol. The van der Waals surface area contributed by atoms with E-state index >= 15 is 0 Å². The lowest BCUT2D eigenvalue weighted by Gasteiger charge is -2.12. The minimum atomic E-state index is -0.452. The molecule has 0 saturated carbocycles. The van der Waals surface area contributed by atoms with Crippen molar-refractivity contribution in [3.63, 3.8) is 0 Å². The molecule has 30 heavy (non-hydrogen) atoms. The Balaban J connectivity index is 1.47. The van der Waals surface area contributed by atoms with E-state index in [0.29, 0.717) is 11.3 Å². The normalized spacial score (nSPS) is 10.7. The lowest BCUT2D eigenvalue weighted by molar-refractivity contribution is 0.108. The molecule has 0 atom stereocenters. The van der Waals surface area contributed by atoms with Gasteiger partial charge in [0.2, 0.25) is 5.12 Å². The van der Waals surface area contributed by atoms with Crippen molar-refractivity contribution < 1.29 is 9.59 Å². The van der Waals surface area contributed by atoms with Crippen LogP contribution in [0.1, 0.15) is 21.5 Å². The SMILES string of the molecule is Cc1ccccc1C(=O)SNC(=O)Nc1cccc(-c2nc3ccccc3s2)c1C. The third-order valence-corrected chi connectivity index (χ3v) is 6.47. The van der Waals surface area contributed by atoms with Crippen LogP contribution >= 0.6 is 23.3 Å². The van der Waals surface area contributed by atoms with Crippen LogP contribution in [0.3, 0.4) is 0 Å². The molecule has 0 saturated heterocycles. The largest absolute Gasteiger partial charge is 0.329 e. The number of carbonyl (C=O) groups is 2. The molecule has 2 amide bonds. The van der Waals surface area contributed by atoms with Crippen molar-refractivity contribution in [1.82, 2.24) is 9.71 Å². The highest BCUT2D eigenvalue weighted by Crippen LogP contribution is 2.34. The van der Waals surface area contributed by atoms with Gasteiger partial charge < -0.3 is 5.32 Å². The number of anilines is 1. The molecule has 0 aliphatic carbocycles. The zero-order valence-electron chi connectivity index (χ0n) is 16.4. The van der Waals surface area contributed by atoms with Gasteiger partial charge in [0, 0.05) is 28.8 Å². The number of thiazole rings is 1. The van der Waals surface area contributed by atoms with E-state index in [2.05, 4.69) is 10.0 Å². The van der Waals surface area contributed by atoms with Crippen molar-refractivity contribution in [3.05, 3.63) is 83.4 Å². The first kappa shape index (κ1) is 20.1. The van der Waals surface area contributed by atoms with E-state index in [9.17, 15) is 9.59 Å². The zero-order chi connectivity index (χ0) is 21.1. The van der Waals surface area contributed by atoms with Gasteiger partial charge in [-0.1, -0.05) is 48.5 Å². The molecule has 4 rings (SSSR count). The van der Waals surface area contributed by atoms with E-state index in [1.54, 1.807) is 23.5 Å². The predicted molar refractivity (Wildman–Crippen MR) is 125 cm³/mol. The fourth-order valence-electron chi connectivity index (χ4n) is 3.09. The Morgan fingerprint density at radius 3 is 2.50 bits per heavy atom. The molecule has 3 aromatic carbocycles. The van der Waals surface area contributed by atoms with Crippen LogP contribution in [-0.4, -0.2) is 16.1 Å². The number of fused-ring (bicyclic) bond motifs is 1. The first-order valence-corrected chi connectivity index (χ1v) is 11.0. The Kier molecular flexibility index (Phi) is 5.83. The average Bonchev–Trinajstić information content (AvgIpc) is 3.18. The predicted octanol–water partition coefficient (Wildman–Crippen LogP) is 6.19. The minimum Gasteiger partial charge on any atom is -0.307 e. The summed E-state index contributed by atoms with van der Waals surface area (Å²) in [6, 6.07) is 20.5. The smallest absolute Gasteiger partial charge is 0.307 e. The number of urea groups is 1. The summed E-state index contributed by atoms with van der Waals surface area (Å²) in [6.07, 6.45) is 0. The third-order valence-electron chi connectivity index (χ3n) is 4.71. The molecular formula is C23H19N3O2S2. The molecule has 7 heteroatoms. The van der Waals surface area contributed by atoms with Gasteiger partial charge in [0.15, 0.2) is 0 Å². The van der Waals surface area contributed by atoms with Gasteiger partial charge in [-0.2, -0.15) is 0 Å². The quantitative estimate of drug-likeness (QED) is 0.378. The van der Waals surface area contributed by atoms with E-state index in [1.807, 2.05) is 68.4 Å². The third kappa shape index (κ3) is 4.22. The Hall–Kier alpha value is -3.16. The van der Waals surface area contributed by atoms with Crippen molar-refractivity contribution in [3.8, 4) is 10.6 Å². The molecule has 0 spiro atoms. The number of hydrogen-bond donors (Lipinski definition) is 2. The maximum atomic E-state index is 12.4. The van der Waals surface area contributed by atoms with Gasteiger partial charge >= 0.3 is 6.03 Å². The highest BCUT2D eigenvalue weighted by atomic mass is 32.2. The molecule has 1 aromatic heterocycles. The number of aryl methyl sites for hydroxylation is 1. The fourth-order valence-corrected chi connectivity index (χ4v) is 4.71. The van der Waals surface area contributed by atoms with E-state index in [1.165, 1.54) is 0 Å². The van der Waals surface area contributed by atoms with Crippen LogP contribution in [0, 0.1) is 13.8 Å². The summed E-state index contributed by atoms with van der Waals surface area (Å²) >= 11 is 2.39. The summed E-state index contributed by atoms with van der Waals surface area (Å²) in [5.41, 5.74) is 4.97. The van der Waals surface area contributed by atoms with Crippen LogP contribution in [0.25, 0.3) is 20.8 Å². The highest BCUT2D eigenvalue weighted by Gasteiger charge is 2.14. The van der Waals surface area contributed by atoms with Gasteiger partial charge in [-0.15, -0.1) is 11.3 Å². The molecule has 4 aromatic rings. The van der Waals surface area contributed by atoms with Crippen LogP contribution < -0.4 is 10.0 Å². The standard InChI is InChI=1S/C23H19N3O2S2/c1-14-8-3-4-9-16(14)22(27)30-26-23(28)25-18-12-7-10-17(15(18)2)21-24-19-11-5-6-13-20(19)29-21/h3-13H,1-2H3,(H2,25,26,28). The summed E-state index contributed by atoms with van der Waals surface area (Å²) in [7, 11) is 0. The Morgan fingerprint density at radius 2 is 1.70 bits per heavy atom. The van der Waals surface area contributed by atoms with Crippen LogP contribution in [0.15, 0.2) is 66.7 Å². The Bertz CT molecular complexity index is 1220. The molecule has 5 nitrogen and oxygen atoms in total. The Labute approximate surface area is 182 Å². The number of nitrogens with zero attached hydrogens (tertiary/aromatic N) is 1. The Morgan fingerprint density at radius 1 is 0.933 bits per heavy atom. The van der Waals surface area contributed by atoms with E-state index in [-0.39, 0.29) is 5.12 Å². The summed E-state index contributed by atoms with van der Waals surface area (Å²) in [4.78, 5) is 29.4. The molecule has 0 fully saturated rings. The monoisotopic (exact) mass is 433 g/mol. The van der Waals surface area contributed by atoms with Gasteiger partial charge in [-0.25, -0.2) is 9.78 Å². The molecule has 0 bridgehead atoms. The van der Waals surface area contributed by atoms with Crippen LogP contribution in [-0.2, 0) is 0 Å². The lowest BCUT2D eigenvalue weighted by Crippen LogP contribution is -2.25. The van der Waals surface area contributed by atoms with Crippen molar-refractivity contribution in [2.24, 2.45) is 0 Å². The van der Waals surface area contributed by atoms with Crippen molar-refractivity contribution in [2.75, 3.05) is 5.32 Å². The van der Waals surface area contributed by atoms with Crippen LogP contribution in [0.4, 0.5) is 10.5 Å². The zero-order valence-corrected chi connectivity index (χ0v) is 18.1. The molecule has 0 aliphatic rings. The van der Waals surface area contributed by atoms with E-state index < -0.39 is 6.03 Å². The van der Waals surface area contributed by atoms with Crippen molar-refractivity contribution >= 4 is 50.3 Å². The van der Waals surface area contributed by atoms with Gasteiger partial charge in [-0.05, 0) is 43.2 Å². The second-order valence-electron chi connectivity index (χ2n) is 6.73. The number of aromatic nitrogens is 1. The molecule has 0 radical (unpaired) electrons. The second kappa shape index (κ2) is 8.69. The molecule has 150 valence electrons. The highest BCUT2D eigenvalue weighted by molar-refractivity contribution is 8.12. The summed E-state index contributed by atoms with van der Waals surface area (Å²) in [5.74, 6) is 0. The first-order valence-electron chi connectivity index (χ1n) is 9.32. The minimum absolute atomic E-state index is 0.205. The number of benzene rings is 3. The maximum absolute atomic E-state index is 12.4. The number of amides is 2. The number of rotatable bonds is 3. The van der Waals surface area contributed by atoms with Crippen molar-refractivity contribution in [2.45, 2.75) is 13.8 Å². The number of carbonyl (C=O) groups excluding carboxylic acids is 2. The van der Waals surface area contributed by atoms with E-state index in [0.717, 1.165) is 43.9 Å². The number of nitrogens with one attached hydrogen (secondary N) is 2. The topological polar surface area (TPSA) is 71.1 Å². The van der Waals surface area contributed by atoms with Crippen LogP contribution in [0.5, 0.6) is 0 Å². The number of para-hydroxylation sites is 1. The summed E-state index contributed by atoms with van der Waals surface area (Å²) in [5, 5.41) is 3.53. The van der Waals surface area contributed by atoms with E-state index in [4.69, 9.17) is 4.98 Å². The van der Waals surface area contributed by atoms with Gasteiger partial charge in [0.25, 0.3) is 0 Å². The molecule has 0 aliphatic heterocycles. The van der Waals surface area contributed by atoms with Crippen LogP contribution in [0.2, 0.25) is 0 Å². The van der Waals surface area contributed by atoms with Gasteiger partial charge in [-0.3, -0.25) is 9.52 Å². The lowest BCUT2D eigenvalue weighted by atomic mass is 10.1. The van der Waals surface area contributed by atoms with Crippen molar-refractivity contribution in [1.29, 1.82) is 0 Å². The molecule has 2 N–H and O–H groups in total. The molecule has 0 unspecified atom stereocenters. The van der Waals surface area contributed by atoms with Gasteiger partial charge in [0.05, 0.1) is 10.2 Å². The summed E-state index contributed by atoms with van der Waals surface area (Å²) < 4.78 is 3.69. The average molecular weight is 434 g/mol. The fraction of sp³-hybridized carbons (Fsp3) is 0.0870. The van der Waals surface area contributed by atoms with Gasteiger partial charge in [0.1, 0.15) is 5.01 Å². The second-order valence-corrected chi connectivity index (χ2v) is 8.54. The molecule has 1 heterocycles. The maximum Gasteiger partial charge on any atom is 0.329 e. The first-order chi connectivity index (χ1) is 14.5. The number of hydrogen-bond acceptors (Lipinski definition) is 5. The summed E-state index contributed by atoms with van der Waals surface area (Å²) in [6.45, 7) is 3.81.